The van der Waals surface area contributed by atoms with Crippen LogP contribution >= 0.6 is 22.6 Å². The molecule has 0 radical (unpaired) electrons. The number of hydrogen-bond donors (Lipinski definition) is 0. The van der Waals surface area contributed by atoms with Gasteiger partial charge in [0.05, 0.1) is 22.0 Å². The molecule has 1 aromatic carbocycles. The molecule has 70 valence electrons. The van der Waals surface area contributed by atoms with E-state index in [0.29, 0.717) is 11.8 Å². The Labute approximate surface area is 94.2 Å². The third kappa shape index (κ3) is 2.54. The van der Waals surface area contributed by atoms with Gasteiger partial charge >= 0.3 is 5.97 Å². The van der Waals surface area contributed by atoms with Gasteiger partial charge in [0.15, 0.2) is 0 Å². The van der Waals surface area contributed by atoms with Crippen LogP contribution in [0, 0.1) is 10.5 Å². The fourth-order valence-corrected chi connectivity index (χ4v) is 1.80. The average Bonchev–Trinajstić information content (AvgIpc) is 2.10. The smallest absolute Gasteiger partial charge is 0.338 e. The van der Waals surface area contributed by atoms with Crippen molar-refractivity contribution >= 4 is 38.8 Å². The fourth-order valence-electron chi connectivity index (χ4n) is 1.04. The first kappa shape index (κ1) is 10.7. The number of esters is 1. The van der Waals surface area contributed by atoms with E-state index in [1.54, 1.807) is 6.07 Å². The Morgan fingerprint density at radius 1 is 1.62 bits per heavy atom. The van der Waals surface area contributed by atoms with E-state index in [1.807, 2.05) is 19.1 Å². The molecule has 1 aromatic rings. The van der Waals surface area contributed by atoms with Gasteiger partial charge in [-0.25, -0.2) is 4.79 Å². The minimum absolute atomic E-state index is 0.203. The van der Waals surface area contributed by atoms with Gasteiger partial charge in [0.2, 0.25) is 0 Å². The highest BCUT2D eigenvalue weighted by Gasteiger charge is 2.10. The zero-order valence-corrected chi connectivity index (χ0v) is 11.8. The highest BCUT2D eigenvalue weighted by Crippen LogP contribution is 2.16. The highest BCUT2D eigenvalue weighted by atomic mass is 127. The van der Waals surface area contributed by atoms with Crippen molar-refractivity contribution in [1.82, 2.24) is 0 Å². The van der Waals surface area contributed by atoms with Crippen molar-refractivity contribution in [2.75, 3.05) is 6.23 Å². The molecule has 0 amide bonds. The Bertz CT molecular complexity index is 325. The van der Waals surface area contributed by atoms with Gasteiger partial charge in [0.25, 0.3) is 0 Å². The van der Waals surface area contributed by atoms with Crippen molar-refractivity contribution in [2.24, 2.45) is 0 Å². The number of hydrogen-bond acceptors (Lipinski definition) is 2. The first-order valence-corrected chi connectivity index (χ1v) is 6.58. The van der Waals surface area contributed by atoms with Crippen molar-refractivity contribution in [3.8, 4) is 0 Å². The first-order valence-electron chi connectivity index (χ1n) is 4.09. The Morgan fingerprint density at radius 3 is 2.92 bits per heavy atom. The second kappa shape index (κ2) is 4.76. The Hall–Kier alpha value is -0.363. The summed E-state index contributed by atoms with van der Waals surface area (Å²) in [5, 5.41) is 0. The molecule has 13 heavy (non-hydrogen) atoms. The lowest BCUT2D eigenvalue weighted by Gasteiger charge is -2.06. The molecule has 1 rings (SSSR count). The van der Waals surface area contributed by atoms with Gasteiger partial charge in [-0.2, -0.15) is 0 Å². The van der Waals surface area contributed by atoms with E-state index in [4.69, 9.17) is 4.74 Å². The molecule has 0 atom stereocenters. The van der Waals surface area contributed by atoms with Crippen molar-refractivity contribution in [1.29, 1.82) is 0 Å². The summed E-state index contributed by atoms with van der Waals surface area (Å²) in [6.45, 7) is 1.94. The van der Waals surface area contributed by atoms with Crippen LogP contribution in [-0.2, 0) is 4.74 Å². The molecular formula is C9H11IO2Si. The summed E-state index contributed by atoms with van der Waals surface area (Å²) in [5.74, 6) is -0.203. The number of carbonyl (C=O) groups is 1. The monoisotopic (exact) mass is 306 g/mol. The molecule has 0 spiro atoms. The number of benzene rings is 1. The maximum atomic E-state index is 11.4. The van der Waals surface area contributed by atoms with Crippen LogP contribution in [0.5, 0.6) is 0 Å². The summed E-state index contributed by atoms with van der Waals surface area (Å²) in [6, 6.07) is 5.66. The van der Waals surface area contributed by atoms with Crippen molar-refractivity contribution < 1.29 is 9.53 Å². The maximum absolute atomic E-state index is 11.4. The van der Waals surface area contributed by atoms with E-state index < -0.39 is 0 Å². The van der Waals surface area contributed by atoms with Crippen molar-refractivity contribution in [2.45, 2.75) is 6.92 Å². The predicted molar refractivity (Wildman–Crippen MR) is 64.1 cm³/mol. The number of ether oxygens (including phenoxy) is 1. The minimum Gasteiger partial charge on any atom is -0.467 e. The van der Waals surface area contributed by atoms with E-state index in [-0.39, 0.29) is 5.97 Å². The van der Waals surface area contributed by atoms with E-state index in [9.17, 15) is 4.79 Å². The summed E-state index contributed by atoms with van der Waals surface area (Å²) in [7, 11) is 0.889. The van der Waals surface area contributed by atoms with Crippen LogP contribution in [-0.4, -0.2) is 22.4 Å². The molecule has 0 aromatic heterocycles. The molecule has 0 saturated carbocycles. The van der Waals surface area contributed by atoms with Crippen LogP contribution in [0.3, 0.4) is 0 Å². The fraction of sp³-hybridized carbons (Fsp3) is 0.222. The standard InChI is InChI=1S/C9H11IO2Si/c1-6-7(9(11)12-5-13)3-2-4-8(6)10/h2-4H,5H2,1,13H3. The Kier molecular flexibility index (Phi) is 3.92. The van der Waals surface area contributed by atoms with E-state index in [0.717, 1.165) is 19.4 Å². The summed E-state index contributed by atoms with van der Waals surface area (Å²) < 4.78 is 6.08. The molecule has 0 saturated heterocycles. The van der Waals surface area contributed by atoms with Crippen LogP contribution in [0.15, 0.2) is 18.2 Å². The van der Waals surface area contributed by atoms with Crippen molar-refractivity contribution in [3.05, 3.63) is 32.9 Å². The molecule has 0 aliphatic rings. The van der Waals surface area contributed by atoms with Gasteiger partial charge < -0.3 is 4.74 Å². The topological polar surface area (TPSA) is 26.3 Å². The van der Waals surface area contributed by atoms with E-state index in [1.165, 1.54) is 0 Å². The van der Waals surface area contributed by atoms with Gasteiger partial charge in [0.1, 0.15) is 0 Å². The SMILES string of the molecule is Cc1c(I)cccc1C(=O)OC[SiH3]. The molecule has 0 N–H and O–H groups in total. The molecule has 0 unspecified atom stereocenters. The maximum Gasteiger partial charge on any atom is 0.338 e. The van der Waals surface area contributed by atoms with Gasteiger partial charge in [-0.15, -0.1) is 0 Å². The molecule has 4 heteroatoms. The summed E-state index contributed by atoms with van der Waals surface area (Å²) in [6.07, 6.45) is 0.559. The molecule has 0 fully saturated rings. The molecule has 0 aliphatic heterocycles. The second-order valence-corrected chi connectivity index (χ2v) is 4.37. The van der Waals surface area contributed by atoms with Crippen LogP contribution < -0.4 is 0 Å². The van der Waals surface area contributed by atoms with Crippen LogP contribution in [0.2, 0.25) is 0 Å². The third-order valence-electron chi connectivity index (χ3n) is 1.76. The number of carbonyl (C=O) groups excluding carboxylic acids is 1. The lowest BCUT2D eigenvalue weighted by Crippen LogP contribution is -2.08. The predicted octanol–water partition coefficient (Wildman–Crippen LogP) is 1.08. The highest BCUT2D eigenvalue weighted by molar-refractivity contribution is 14.1. The van der Waals surface area contributed by atoms with Gasteiger partial charge in [-0.3, -0.25) is 0 Å². The molecule has 0 bridgehead atoms. The first-order chi connectivity index (χ1) is 6.16. The lowest BCUT2D eigenvalue weighted by atomic mass is 10.1. The van der Waals surface area contributed by atoms with E-state index in [2.05, 4.69) is 22.6 Å². The van der Waals surface area contributed by atoms with Crippen LogP contribution in [0.25, 0.3) is 0 Å². The molecular weight excluding hydrogens is 295 g/mol. The largest absolute Gasteiger partial charge is 0.467 e. The van der Waals surface area contributed by atoms with Gasteiger partial charge in [0, 0.05) is 3.57 Å². The quantitative estimate of drug-likeness (QED) is 0.464. The van der Waals surface area contributed by atoms with Crippen molar-refractivity contribution in [3.63, 3.8) is 0 Å². The summed E-state index contributed by atoms with van der Waals surface area (Å²) >= 11 is 2.21. The second-order valence-electron chi connectivity index (χ2n) is 2.63. The average molecular weight is 306 g/mol. The van der Waals surface area contributed by atoms with Gasteiger partial charge in [-0.1, -0.05) is 6.07 Å². The number of halogens is 1. The molecule has 0 aliphatic carbocycles. The van der Waals surface area contributed by atoms with Crippen LogP contribution in [0.1, 0.15) is 15.9 Å². The zero-order valence-electron chi connectivity index (χ0n) is 7.63. The summed E-state index contributed by atoms with van der Waals surface area (Å²) in [4.78, 5) is 11.4. The van der Waals surface area contributed by atoms with Gasteiger partial charge in [-0.05, 0) is 47.2 Å². The van der Waals surface area contributed by atoms with Crippen LogP contribution in [0.4, 0.5) is 0 Å². The summed E-state index contributed by atoms with van der Waals surface area (Å²) in [5.41, 5.74) is 1.69. The van der Waals surface area contributed by atoms with E-state index >= 15 is 0 Å². The molecule has 2 nitrogen and oxygen atoms in total. The Morgan fingerprint density at radius 2 is 2.31 bits per heavy atom. The third-order valence-corrected chi connectivity index (χ3v) is 3.22. The Balaban J connectivity index is 3.01. The molecule has 0 heterocycles. The lowest BCUT2D eigenvalue weighted by molar-refractivity contribution is 0.0572. The minimum atomic E-state index is -0.203. The zero-order chi connectivity index (χ0) is 9.84. The normalized spacial score (nSPS) is 10.0. The number of rotatable bonds is 2.